The number of rotatable bonds is 4. The lowest BCUT2D eigenvalue weighted by Gasteiger charge is -2.33. The molecular formula is C18H19N7O. The van der Waals surface area contributed by atoms with Crippen LogP contribution >= 0.6 is 0 Å². The third-order valence-electron chi connectivity index (χ3n) is 4.63. The molecule has 1 saturated heterocycles. The second-order valence-electron chi connectivity index (χ2n) is 6.45. The van der Waals surface area contributed by atoms with Crippen molar-refractivity contribution in [2.75, 3.05) is 24.6 Å². The van der Waals surface area contributed by atoms with Crippen LogP contribution in [0.4, 0.5) is 5.82 Å². The molecule has 132 valence electrons. The minimum atomic E-state index is 0.363. The fourth-order valence-corrected chi connectivity index (χ4v) is 3.31. The monoisotopic (exact) mass is 349 g/mol. The molecule has 1 unspecified atom stereocenters. The predicted octanol–water partition coefficient (Wildman–Crippen LogP) is 1.99. The summed E-state index contributed by atoms with van der Waals surface area (Å²) < 4.78 is 7.78. The first-order valence-electron chi connectivity index (χ1n) is 8.65. The molecule has 1 aliphatic heterocycles. The Hall–Kier alpha value is -3.21. The summed E-state index contributed by atoms with van der Waals surface area (Å²) in [6.45, 7) is 4.28. The molecular weight excluding hydrogens is 330 g/mol. The van der Waals surface area contributed by atoms with E-state index in [0.29, 0.717) is 24.0 Å². The van der Waals surface area contributed by atoms with Crippen molar-refractivity contribution in [3.8, 4) is 11.9 Å². The van der Waals surface area contributed by atoms with Gasteiger partial charge in [0.25, 0.3) is 0 Å². The fourth-order valence-electron chi connectivity index (χ4n) is 3.31. The van der Waals surface area contributed by atoms with Crippen LogP contribution < -0.4 is 9.64 Å². The molecule has 0 N–H and O–H groups in total. The Bertz CT molecular complexity index is 962. The van der Waals surface area contributed by atoms with E-state index < -0.39 is 0 Å². The van der Waals surface area contributed by atoms with Gasteiger partial charge in [0.2, 0.25) is 11.5 Å². The number of nitrogens with zero attached hydrogens (tertiary/aromatic N) is 7. The minimum absolute atomic E-state index is 0.363. The first-order valence-corrected chi connectivity index (χ1v) is 8.65. The molecule has 0 bridgehead atoms. The maximum Gasteiger partial charge on any atom is 0.214 e. The van der Waals surface area contributed by atoms with Gasteiger partial charge in [0.15, 0.2) is 5.82 Å². The average Bonchev–Trinajstić information content (AvgIpc) is 3.08. The van der Waals surface area contributed by atoms with E-state index in [9.17, 15) is 0 Å². The van der Waals surface area contributed by atoms with Crippen molar-refractivity contribution in [2.45, 2.75) is 19.8 Å². The van der Waals surface area contributed by atoms with E-state index in [1.54, 1.807) is 24.5 Å². The molecule has 3 aromatic rings. The molecule has 0 spiro atoms. The highest BCUT2D eigenvalue weighted by Crippen LogP contribution is 2.25. The Labute approximate surface area is 151 Å². The number of aryl methyl sites for hydroxylation is 1. The Kier molecular flexibility index (Phi) is 4.35. The van der Waals surface area contributed by atoms with Gasteiger partial charge in [-0.2, -0.15) is 5.26 Å². The van der Waals surface area contributed by atoms with E-state index in [1.807, 2.05) is 17.5 Å². The summed E-state index contributed by atoms with van der Waals surface area (Å²) in [6, 6.07) is 5.44. The van der Waals surface area contributed by atoms with Crippen LogP contribution in [-0.2, 0) is 0 Å². The van der Waals surface area contributed by atoms with E-state index in [2.05, 4.69) is 31.1 Å². The normalized spacial score (nSPS) is 17.2. The number of aromatic nitrogens is 5. The lowest BCUT2D eigenvalue weighted by molar-refractivity contribution is 0.221. The van der Waals surface area contributed by atoms with Crippen molar-refractivity contribution in [3.63, 3.8) is 0 Å². The number of ether oxygens (including phenoxy) is 1. The molecule has 8 nitrogen and oxygen atoms in total. The Morgan fingerprint density at radius 1 is 1.31 bits per heavy atom. The molecule has 0 aliphatic carbocycles. The Morgan fingerprint density at radius 3 is 3.12 bits per heavy atom. The van der Waals surface area contributed by atoms with Crippen LogP contribution in [0.15, 0.2) is 30.7 Å². The van der Waals surface area contributed by atoms with Crippen molar-refractivity contribution >= 4 is 11.5 Å². The molecule has 26 heavy (non-hydrogen) atoms. The molecule has 3 aromatic heterocycles. The van der Waals surface area contributed by atoms with Gasteiger partial charge in [-0.15, -0.1) is 10.2 Å². The molecule has 0 aromatic carbocycles. The molecule has 4 rings (SSSR count). The number of hydrogen-bond acceptors (Lipinski definition) is 7. The molecule has 1 fully saturated rings. The number of nitriles is 1. The third kappa shape index (κ3) is 3.16. The van der Waals surface area contributed by atoms with Crippen molar-refractivity contribution in [2.24, 2.45) is 5.92 Å². The molecule has 0 radical (unpaired) electrons. The summed E-state index contributed by atoms with van der Waals surface area (Å²) >= 11 is 0. The van der Waals surface area contributed by atoms with Crippen LogP contribution in [0.25, 0.3) is 5.65 Å². The molecule has 4 heterocycles. The fraction of sp³-hybridized carbons (Fsp3) is 0.389. The lowest BCUT2D eigenvalue weighted by Crippen LogP contribution is -2.38. The summed E-state index contributed by atoms with van der Waals surface area (Å²) in [4.78, 5) is 11.0. The second-order valence-corrected chi connectivity index (χ2v) is 6.45. The quantitative estimate of drug-likeness (QED) is 0.711. The van der Waals surface area contributed by atoms with Crippen LogP contribution in [0.3, 0.4) is 0 Å². The van der Waals surface area contributed by atoms with Gasteiger partial charge < -0.3 is 9.64 Å². The van der Waals surface area contributed by atoms with Gasteiger partial charge in [-0.25, -0.2) is 9.97 Å². The molecule has 1 atom stereocenters. The zero-order valence-electron chi connectivity index (χ0n) is 14.5. The summed E-state index contributed by atoms with van der Waals surface area (Å²) in [7, 11) is 0. The van der Waals surface area contributed by atoms with Crippen LogP contribution in [0.5, 0.6) is 5.88 Å². The van der Waals surface area contributed by atoms with Crippen LogP contribution in [0.1, 0.15) is 24.2 Å². The number of piperidine rings is 1. The minimum Gasteiger partial charge on any atom is -0.477 e. The number of fused-ring (bicyclic) bond motifs is 1. The first-order chi connectivity index (χ1) is 12.7. The van der Waals surface area contributed by atoms with Gasteiger partial charge in [0, 0.05) is 43.7 Å². The molecule has 0 saturated carbocycles. The number of hydrogen-bond donors (Lipinski definition) is 0. The highest BCUT2D eigenvalue weighted by molar-refractivity contribution is 5.63. The zero-order valence-corrected chi connectivity index (χ0v) is 14.5. The maximum absolute atomic E-state index is 8.97. The van der Waals surface area contributed by atoms with Crippen LogP contribution in [-0.4, -0.2) is 44.3 Å². The lowest BCUT2D eigenvalue weighted by atomic mass is 9.99. The molecule has 1 aliphatic rings. The van der Waals surface area contributed by atoms with Crippen molar-refractivity contribution < 1.29 is 4.74 Å². The highest BCUT2D eigenvalue weighted by Gasteiger charge is 2.24. The van der Waals surface area contributed by atoms with Gasteiger partial charge in [-0.05, 0) is 25.8 Å². The topological polar surface area (TPSA) is 92.2 Å². The summed E-state index contributed by atoms with van der Waals surface area (Å²) in [6.07, 6.45) is 7.42. The van der Waals surface area contributed by atoms with E-state index in [1.165, 1.54) is 0 Å². The standard InChI is InChI=1S/C18H19N7O/c1-13-22-23-18-17(21-6-8-25(13)18)24-7-2-3-15(11-24)12-26-16-9-14(10-19)4-5-20-16/h4-6,8-9,15H,2-3,7,11-12H2,1H3. The van der Waals surface area contributed by atoms with Crippen molar-refractivity contribution in [1.29, 1.82) is 5.26 Å². The van der Waals surface area contributed by atoms with Gasteiger partial charge >= 0.3 is 0 Å². The Morgan fingerprint density at radius 2 is 2.23 bits per heavy atom. The van der Waals surface area contributed by atoms with E-state index in [-0.39, 0.29) is 0 Å². The van der Waals surface area contributed by atoms with Gasteiger partial charge in [0.05, 0.1) is 18.2 Å². The SMILES string of the molecule is Cc1nnc2c(N3CCCC(COc4cc(C#N)ccn4)C3)nccn12. The van der Waals surface area contributed by atoms with Crippen molar-refractivity contribution in [1.82, 2.24) is 24.6 Å². The first kappa shape index (κ1) is 16.3. The smallest absolute Gasteiger partial charge is 0.214 e. The summed E-state index contributed by atoms with van der Waals surface area (Å²) in [5.74, 6) is 2.57. The van der Waals surface area contributed by atoms with Gasteiger partial charge in [-0.3, -0.25) is 4.40 Å². The molecule has 0 amide bonds. The van der Waals surface area contributed by atoms with Gasteiger partial charge in [0.1, 0.15) is 5.82 Å². The summed E-state index contributed by atoms with van der Waals surface area (Å²) in [5, 5.41) is 17.4. The Balaban J connectivity index is 1.46. The largest absolute Gasteiger partial charge is 0.477 e. The zero-order chi connectivity index (χ0) is 17.9. The third-order valence-corrected chi connectivity index (χ3v) is 4.63. The predicted molar refractivity (Wildman–Crippen MR) is 94.9 cm³/mol. The molecule has 8 heteroatoms. The number of pyridine rings is 1. The average molecular weight is 349 g/mol. The summed E-state index contributed by atoms with van der Waals surface area (Å²) in [5.41, 5.74) is 1.34. The number of anilines is 1. The van der Waals surface area contributed by atoms with Crippen LogP contribution in [0.2, 0.25) is 0 Å². The van der Waals surface area contributed by atoms with Gasteiger partial charge in [-0.1, -0.05) is 0 Å². The van der Waals surface area contributed by atoms with E-state index >= 15 is 0 Å². The maximum atomic E-state index is 8.97. The highest BCUT2D eigenvalue weighted by atomic mass is 16.5. The van der Waals surface area contributed by atoms with E-state index in [4.69, 9.17) is 10.00 Å². The van der Waals surface area contributed by atoms with E-state index in [0.717, 1.165) is 43.2 Å². The van der Waals surface area contributed by atoms with Crippen LogP contribution in [0, 0.1) is 24.2 Å². The second kappa shape index (κ2) is 6.96. The van der Waals surface area contributed by atoms with Crippen molar-refractivity contribution in [3.05, 3.63) is 42.1 Å².